The average molecular weight is 268 g/mol. The Hall–Kier alpha value is -0.120. The number of rotatable bonds is 6. The van der Waals surface area contributed by atoms with E-state index in [2.05, 4.69) is 17.1 Å². The number of hydrogen-bond donors (Lipinski definition) is 1. The van der Waals surface area contributed by atoms with Gasteiger partial charge >= 0.3 is 0 Å². The van der Waals surface area contributed by atoms with Crippen LogP contribution in [-0.4, -0.2) is 50.8 Å². The van der Waals surface area contributed by atoms with Gasteiger partial charge in [-0.2, -0.15) is 0 Å². The first-order valence-corrected chi connectivity index (χ1v) is 8.23. The Morgan fingerprint density at radius 2 is 1.79 bits per heavy atom. The van der Waals surface area contributed by atoms with Gasteiger partial charge in [0.05, 0.1) is 6.61 Å². The molecule has 1 aliphatic heterocycles. The number of nitrogens with zero attached hydrogens (tertiary/aromatic N) is 1. The van der Waals surface area contributed by atoms with Gasteiger partial charge in [-0.3, -0.25) is 4.90 Å². The molecule has 2 fully saturated rings. The summed E-state index contributed by atoms with van der Waals surface area (Å²) in [6.07, 6.45) is 10.2. The number of methoxy groups -OCH3 is 1. The van der Waals surface area contributed by atoms with Crippen LogP contribution in [0.25, 0.3) is 0 Å². The highest BCUT2D eigenvalue weighted by Crippen LogP contribution is 2.44. The van der Waals surface area contributed by atoms with E-state index in [-0.39, 0.29) is 0 Å². The largest absolute Gasteiger partial charge is 0.383 e. The first kappa shape index (κ1) is 15.3. The van der Waals surface area contributed by atoms with Gasteiger partial charge in [-0.1, -0.05) is 26.2 Å². The number of piperidine rings is 1. The van der Waals surface area contributed by atoms with Crippen LogP contribution in [0.1, 0.15) is 51.9 Å². The molecule has 0 bridgehead atoms. The zero-order valence-corrected chi connectivity index (χ0v) is 12.9. The van der Waals surface area contributed by atoms with Crippen molar-refractivity contribution in [3.63, 3.8) is 0 Å². The third-order valence-electron chi connectivity index (χ3n) is 5.28. The SMILES string of the molecule is CCNCC(COC)N1CCC2(CCCCC2)CC1. The van der Waals surface area contributed by atoms with Crippen LogP contribution in [-0.2, 0) is 4.74 Å². The molecular weight excluding hydrogens is 236 g/mol. The highest BCUT2D eigenvalue weighted by molar-refractivity contribution is 4.90. The topological polar surface area (TPSA) is 24.5 Å². The van der Waals surface area contributed by atoms with Gasteiger partial charge < -0.3 is 10.1 Å². The quantitative estimate of drug-likeness (QED) is 0.801. The summed E-state index contributed by atoms with van der Waals surface area (Å²) in [5.41, 5.74) is 0.713. The summed E-state index contributed by atoms with van der Waals surface area (Å²) < 4.78 is 5.41. The monoisotopic (exact) mass is 268 g/mol. The molecule has 3 heteroatoms. The molecule has 1 saturated carbocycles. The van der Waals surface area contributed by atoms with Crippen molar-refractivity contribution in [3.05, 3.63) is 0 Å². The average Bonchev–Trinajstić information content (AvgIpc) is 2.45. The molecule has 1 N–H and O–H groups in total. The lowest BCUT2D eigenvalue weighted by atomic mass is 9.68. The van der Waals surface area contributed by atoms with Crippen molar-refractivity contribution in [2.75, 3.05) is 39.9 Å². The number of nitrogens with one attached hydrogen (secondary N) is 1. The predicted octanol–water partition coefficient (Wildman–Crippen LogP) is 2.66. The fraction of sp³-hybridized carbons (Fsp3) is 1.00. The highest BCUT2D eigenvalue weighted by Gasteiger charge is 2.36. The van der Waals surface area contributed by atoms with Gasteiger partial charge in [0.1, 0.15) is 0 Å². The van der Waals surface area contributed by atoms with Gasteiger partial charge in [-0.15, -0.1) is 0 Å². The van der Waals surface area contributed by atoms with Gasteiger partial charge in [-0.05, 0) is 50.7 Å². The van der Waals surface area contributed by atoms with E-state index < -0.39 is 0 Å². The lowest BCUT2D eigenvalue weighted by molar-refractivity contribution is 0.0197. The van der Waals surface area contributed by atoms with Crippen molar-refractivity contribution in [1.29, 1.82) is 0 Å². The Morgan fingerprint density at radius 3 is 2.37 bits per heavy atom. The number of ether oxygens (including phenoxy) is 1. The van der Waals surface area contributed by atoms with Crippen LogP contribution in [0.4, 0.5) is 0 Å². The van der Waals surface area contributed by atoms with E-state index in [1.165, 1.54) is 58.0 Å². The maximum atomic E-state index is 5.41. The molecule has 112 valence electrons. The molecule has 1 aliphatic carbocycles. The smallest absolute Gasteiger partial charge is 0.0630 e. The van der Waals surface area contributed by atoms with Gasteiger partial charge in [0, 0.05) is 19.7 Å². The van der Waals surface area contributed by atoms with Gasteiger partial charge in [0.25, 0.3) is 0 Å². The van der Waals surface area contributed by atoms with E-state index in [1.54, 1.807) is 0 Å². The van der Waals surface area contributed by atoms with Crippen LogP contribution >= 0.6 is 0 Å². The summed E-state index contributed by atoms with van der Waals surface area (Å²) in [7, 11) is 1.82. The second-order valence-corrected chi connectivity index (χ2v) is 6.51. The molecule has 2 aliphatic rings. The maximum Gasteiger partial charge on any atom is 0.0630 e. The molecule has 3 nitrogen and oxygen atoms in total. The van der Waals surface area contributed by atoms with Crippen LogP contribution in [0.5, 0.6) is 0 Å². The molecule has 0 amide bonds. The van der Waals surface area contributed by atoms with Crippen LogP contribution in [0.3, 0.4) is 0 Å². The van der Waals surface area contributed by atoms with E-state index >= 15 is 0 Å². The lowest BCUT2D eigenvalue weighted by Crippen LogP contribution is -2.51. The molecule has 19 heavy (non-hydrogen) atoms. The van der Waals surface area contributed by atoms with Gasteiger partial charge in [0.15, 0.2) is 0 Å². The minimum absolute atomic E-state index is 0.561. The minimum Gasteiger partial charge on any atom is -0.383 e. The number of likely N-dealkylation sites (tertiary alicyclic amines) is 1. The first-order valence-electron chi connectivity index (χ1n) is 8.23. The number of hydrogen-bond acceptors (Lipinski definition) is 3. The fourth-order valence-electron chi connectivity index (χ4n) is 3.96. The maximum absolute atomic E-state index is 5.41. The van der Waals surface area contributed by atoms with E-state index in [1.807, 2.05) is 7.11 Å². The molecular formula is C16H32N2O. The van der Waals surface area contributed by atoms with Crippen molar-refractivity contribution in [1.82, 2.24) is 10.2 Å². The second kappa shape index (κ2) is 7.61. The Balaban J connectivity index is 1.82. The van der Waals surface area contributed by atoms with E-state index in [4.69, 9.17) is 4.74 Å². The standard InChI is InChI=1S/C16H32N2O/c1-3-17-13-15(14-19-2)18-11-9-16(10-12-18)7-5-4-6-8-16/h15,17H,3-14H2,1-2H3. The normalized spacial score (nSPS) is 25.6. The molecule has 1 saturated heterocycles. The van der Waals surface area contributed by atoms with Crippen LogP contribution in [0, 0.1) is 5.41 Å². The third kappa shape index (κ3) is 4.17. The lowest BCUT2D eigenvalue weighted by Gasteiger charge is -2.46. The zero-order valence-electron chi connectivity index (χ0n) is 12.9. The summed E-state index contributed by atoms with van der Waals surface area (Å²) in [5.74, 6) is 0. The van der Waals surface area contributed by atoms with Gasteiger partial charge in [-0.25, -0.2) is 0 Å². The summed E-state index contributed by atoms with van der Waals surface area (Å²) in [5, 5.41) is 3.48. The van der Waals surface area contributed by atoms with Crippen molar-refractivity contribution in [3.8, 4) is 0 Å². The molecule has 1 spiro atoms. The van der Waals surface area contributed by atoms with Gasteiger partial charge in [0.2, 0.25) is 0 Å². The summed E-state index contributed by atoms with van der Waals surface area (Å²) in [6.45, 7) is 7.71. The van der Waals surface area contributed by atoms with Crippen molar-refractivity contribution in [2.45, 2.75) is 57.9 Å². The molecule has 0 radical (unpaired) electrons. The minimum atomic E-state index is 0.561. The van der Waals surface area contributed by atoms with Crippen molar-refractivity contribution >= 4 is 0 Å². The summed E-state index contributed by atoms with van der Waals surface area (Å²) in [6, 6.07) is 0.561. The van der Waals surface area contributed by atoms with E-state index in [0.29, 0.717) is 11.5 Å². The Bertz CT molecular complexity index is 241. The molecule has 0 aromatic rings. The number of likely N-dealkylation sites (N-methyl/N-ethyl adjacent to an activating group) is 1. The second-order valence-electron chi connectivity index (χ2n) is 6.51. The van der Waals surface area contributed by atoms with Crippen LogP contribution in [0.2, 0.25) is 0 Å². The molecule has 0 aromatic heterocycles. The van der Waals surface area contributed by atoms with E-state index in [0.717, 1.165) is 19.7 Å². The Kier molecular flexibility index (Phi) is 6.11. The predicted molar refractivity (Wildman–Crippen MR) is 80.5 cm³/mol. The molecule has 1 heterocycles. The Labute approximate surface area is 119 Å². The van der Waals surface area contributed by atoms with Crippen LogP contribution in [0.15, 0.2) is 0 Å². The first-order chi connectivity index (χ1) is 9.29. The summed E-state index contributed by atoms with van der Waals surface area (Å²) in [4.78, 5) is 2.66. The zero-order chi connectivity index (χ0) is 13.6. The molecule has 2 rings (SSSR count). The highest BCUT2D eigenvalue weighted by atomic mass is 16.5. The molecule has 1 atom stereocenters. The fourth-order valence-corrected chi connectivity index (χ4v) is 3.96. The van der Waals surface area contributed by atoms with Crippen molar-refractivity contribution < 1.29 is 4.74 Å². The Morgan fingerprint density at radius 1 is 1.11 bits per heavy atom. The third-order valence-corrected chi connectivity index (χ3v) is 5.28. The van der Waals surface area contributed by atoms with Crippen molar-refractivity contribution in [2.24, 2.45) is 5.41 Å². The molecule has 1 unspecified atom stereocenters. The molecule has 0 aromatic carbocycles. The summed E-state index contributed by atoms with van der Waals surface area (Å²) >= 11 is 0. The van der Waals surface area contributed by atoms with E-state index in [9.17, 15) is 0 Å². The van der Waals surface area contributed by atoms with Crippen LogP contribution < -0.4 is 5.32 Å².